The Morgan fingerprint density at radius 1 is 1.28 bits per heavy atom. The van der Waals surface area contributed by atoms with Crippen LogP contribution < -0.4 is 0 Å². The molecule has 2 unspecified atom stereocenters. The van der Waals surface area contributed by atoms with Crippen LogP contribution in [0.5, 0.6) is 0 Å². The fourth-order valence-electron chi connectivity index (χ4n) is 2.80. The second-order valence-electron chi connectivity index (χ2n) is 6.47. The van der Waals surface area contributed by atoms with Crippen molar-refractivity contribution in [3.05, 3.63) is 34.9 Å². The summed E-state index contributed by atoms with van der Waals surface area (Å²) in [5, 5.41) is 18.8. The number of ketones is 1. The second kappa shape index (κ2) is 12.0. The lowest BCUT2D eigenvalue weighted by Crippen LogP contribution is -2.05. The number of carbonyl (C=O) groups excluding carboxylic acids is 1. The summed E-state index contributed by atoms with van der Waals surface area (Å²) in [5.74, 6) is -1.11. The zero-order valence-electron chi connectivity index (χ0n) is 14.9. The van der Waals surface area contributed by atoms with Crippen molar-refractivity contribution in [2.75, 3.05) is 0 Å². The van der Waals surface area contributed by atoms with E-state index in [1.54, 1.807) is 12.2 Å². The lowest BCUT2D eigenvalue weighted by molar-refractivity contribution is -0.137. The molecule has 1 aliphatic carbocycles. The zero-order valence-corrected chi connectivity index (χ0v) is 15.7. The van der Waals surface area contributed by atoms with Gasteiger partial charge < -0.3 is 10.2 Å². The maximum atomic E-state index is 12.1. The van der Waals surface area contributed by atoms with Crippen molar-refractivity contribution in [2.24, 2.45) is 5.92 Å². The summed E-state index contributed by atoms with van der Waals surface area (Å²) in [6.45, 7) is 2.12. The van der Waals surface area contributed by atoms with Crippen LogP contribution in [0.2, 0.25) is 0 Å². The summed E-state index contributed by atoms with van der Waals surface area (Å²) in [5.41, 5.74) is 0.653. The molecule has 0 amide bonds. The molecular weight excluding hydrogens is 340 g/mol. The van der Waals surface area contributed by atoms with Crippen LogP contribution in [-0.2, 0) is 9.59 Å². The molecule has 0 saturated carbocycles. The molecule has 2 atom stereocenters. The van der Waals surface area contributed by atoms with E-state index < -0.39 is 12.1 Å². The van der Waals surface area contributed by atoms with Gasteiger partial charge in [-0.3, -0.25) is 9.59 Å². The molecule has 0 aromatic carbocycles. The van der Waals surface area contributed by atoms with Crippen molar-refractivity contribution in [1.82, 2.24) is 0 Å². The first-order chi connectivity index (χ1) is 12.0. The number of Topliss-reactive ketones (excluding diaryl/α,β-unsaturated/α-hetero) is 1. The number of carboxylic acid groups (broad SMARTS) is 1. The number of carboxylic acids is 1. The highest BCUT2D eigenvalue weighted by molar-refractivity contribution is 6.46. The number of rotatable bonds is 12. The summed E-state index contributed by atoms with van der Waals surface area (Å²) in [4.78, 5) is 22.6. The Hall–Kier alpha value is -1.39. The first-order valence-corrected chi connectivity index (χ1v) is 9.53. The minimum absolute atomic E-state index is 0.151. The van der Waals surface area contributed by atoms with Gasteiger partial charge in [0.1, 0.15) is 0 Å². The van der Waals surface area contributed by atoms with E-state index >= 15 is 0 Å². The Labute approximate surface area is 155 Å². The summed E-state index contributed by atoms with van der Waals surface area (Å²) in [6.07, 6.45) is 13.9. The fraction of sp³-hybridized carbons (Fsp3) is 0.600. The molecular formula is C20H29ClO4. The zero-order chi connectivity index (χ0) is 18.7. The molecule has 0 radical (unpaired) electrons. The van der Waals surface area contributed by atoms with Crippen molar-refractivity contribution >= 4 is 23.4 Å². The summed E-state index contributed by atoms with van der Waals surface area (Å²) in [7, 11) is 0. The van der Waals surface area contributed by atoms with E-state index in [1.165, 1.54) is 0 Å². The number of aliphatic carboxylic acids is 1. The van der Waals surface area contributed by atoms with Gasteiger partial charge in [0, 0.05) is 17.9 Å². The van der Waals surface area contributed by atoms with Crippen molar-refractivity contribution in [3.8, 4) is 0 Å². The van der Waals surface area contributed by atoms with Gasteiger partial charge in [0.25, 0.3) is 0 Å². The number of carbonyl (C=O) groups is 2. The van der Waals surface area contributed by atoms with Crippen LogP contribution in [0.25, 0.3) is 0 Å². The van der Waals surface area contributed by atoms with E-state index in [1.807, 2.05) is 12.2 Å². The molecule has 0 aromatic rings. The lowest BCUT2D eigenvalue weighted by Gasteiger charge is -2.08. The SMILES string of the molecule is CCCCCC(O)C=CC1C=C(Cl)C(=O)C1=CCCCCCC(=O)O. The molecule has 1 rings (SSSR count). The number of halogens is 1. The summed E-state index contributed by atoms with van der Waals surface area (Å²) in [6, 6.07) is 0. The van der Waals surface area contributed by atoms with Crippen molar-refractivity contribution in [3.63, 3.8) is 0 Å². The van der Waals surface area contributed by atoms with E-state index in [9.17, 15) is 14.7 Å². The molecule has 2 N–H and O–H groups in total. The highest BCUT2D eigenvalue weighted by Crippen LogP contribution is 2.31. The fourth-order valence-corrected chi connectivity index (χ4v) is 3.05. The van der Waals surface area contributed by atoms with Gasteiger partial charge in [0.2, 0.25) is 5.78 Å². The van der Waals surface area contributed by atoms with E-state index in [0.29, 0.717) is 12.0 Å². The number of aliphatic hydroxyl groups excluding tert-OH is 1. The number of aliphatic hydroxyl groups is 1. The van der Waals surface area contributed by atoms with Crippen LogP contribution in [0.4, 0.5) is 0 Å². The molecule has 140 valence electrons. The van der Waals surface area contributed by atoms with E-state index in [2.05, 4.69) is 6.92 Å². The average molecular weight is 369 g/mol. The largest absolute Gasteiger partial charge is 0.481 e. The highest BCUT2D eigenvalue weighted by Gasteiger charge is 2.26. The van der Waals surface area contributed by atoms with Crippen LogP contribution in [0.15, 0.2) is 34.9 Å². The molecule has 0 aromatic heterocycles. The third kappa shape index (κ3) is 8.50. The van der Waals surface area contributed by atoms with Gasteiger partial charge in [-0.05, 0) is 25.7 Å². The maximum absolute atomic E-state index is 12.1. The molecule has 0 fully saturated rings. The van der Waals surface area contributed by atoms with Gasteiger partial charge in [-0.25, -0.2) is 0 Å². The minimum Gasteiger partial charge on any atom is -0.481 e. The maximum Gasteiger partial charge on any atom is 0.303 e. The topological polar surface area (TPSA) is 74.6 Å². The molecule has 0 bridgehead atoms. The van der Waals surface area contributed by atoms with Gasteiger partial charge in [-0.2, -0.15) is 0 Å². The van der Waals surface area contributed by atoms with Gasteiger partial charge in [0.05, 0.1) is 11.1 Å². The first-order valence-electron chi connectivity index (χ1n) is 9.16. The molecule has 0 heterocycles. The third-order valence-electron chi connectivity index (χ3n) is 4.27. The van der Waals surface area contributed by atoms with Crippen molar-refractivity contribution < 1.29 is 19.8 Å². The Bertz CT molecular complexity index is 534. The molecule has 4 nitrogen and oxygen atoms in total. The average Bonchev–Trinajstić information content (AvgIpc) is 2.83. The quantitative estimate of drug-likeness (QED) is 0.295. The third-order valence-corrected chi connectivity index (χ3v) is 4.56. The predicted octanol–water partition coefficient (Wildman–Crippen LogP) is 4.77. The Morgan fingerprint density at radius 3 is 2.72 bits per heavy atom. The summed E-state index contributed by atoms with van der Waals surface area (Å²) < 4.78 is 0. The van der Waals surface area contributed by atoms with E-state index in [4.69, 9.17) is 16.7 Å². The van der Waals surface area contributed by atoms with E-state index in [-0.39, 0.29) is 23.2 Å². The molecule has 5 heteroatoms. The van der Waals surface area contributed by atoms with Crippen LogP contribution in [0, 0.1) is 5.92 Å². The van der Waals surface area contributed by atoms with Crippen LogP contribution in [-0.4, -0.2) is 28.1 Å². The predicted molar refractivity (Wildman–Crippen MR) is 101 cm³/mol. The summed E-state index contributed by atoms with van der Waals surface area (Å²) >= 11 is 5.98. The molecule has 0 saturated heterocycles. The van der Waals surface area contributed by atoms with E-state index in [0.717, 1.165) is 44.9 Å². The molecule has 1 aliphatic rings. The Kier molecular flexibility index (Phi) is 10.4. The second-order valence-corrected chi connectivity index (χ2v) is 6.88. The molecule has 0 spiro atoms. The first kappa shape index (κ1) is 21.7. The van der Waals surface area contributed by atoms with Gasteiger partial charge >= 0.3 is 5.97 Å². The normalized spacial score (nSPS) is 20.4. The Morgan fingerprint density at radius 2 is 2.04 bits per heavy atom. The van der Waals surface area contributed by atoms with Crippen molar-refractivity contribution in [1.29, 1.82) is 0 Å². The number of allylic oxidation sites excluding steroid dienone is 5. The monoisotopic (exact) mass is 368 g/mol. The number of hydrogen-bond acceptors (Lipinski definition) is 3. The minimum atomic E-state index is -0.775. The Balaban J connectivity index is 2.51. The van der Waals surface area contributed by atoms with Crippen LogP contribution >= 0.6 is 11.6 Å². The smallest absolute Gasteiger partial charge is 0.303 e. The highest BCUT2D eigenvalue weighted by atomic mass is 35.5. The lowest BCUT2D eigenvalue weighted by atomic mass is 9.98. The number of hydrogen-bond donors (Lipinski definition) is 2. The van der Waals surface area contributed by atoms with Crippen LogP contribution in [0.1, 0.15) is 64.7 Å². The standard InChI is InChI=1S/C20H29ClO4/c1-2-3-6-9-16(22)13-12-15-14-18(21)20(25)17(15)10-7-4-5-8-11-19(23)24/h10,12-16,22H,2-9,11H2,1H3,(H,23,24). The number of unbranched alkanes of at least 4 members (excludes halogenated alkanes) is 5. The van der Waals surface area contributed by atoms with Crippen molar-refractivity contribution in [2.45, 2.75) is 70.8 Å². The molecule has 25 heavy (non-hydrogen) atoms. The van der Waals surface area contributed by atoms with Gasteiger partial charge in [-0.1, -0.05) is 68.5 Å². The van der Waals surface area contributed by atoms with Crippen LogP contribution in [0.3, 0.4) is 0 Å². The van der Waals surface area contributed by atoms with Gasteiger partial charge in [0.15, 0.2) is 0 Å². The van der Waals surface area contributed by atoms with Gasteiger partial charge in [-0.15, -0.1) is 0 Å². The molecule has 0 aliphatic heterocycles.